The van der Waals surface area contributed by atoms with Crippen molar-refractivity contribution in [2.24, 2.45) is 0 Å². The molecule has 0 spiro atoms. The summed E-state index contributed by atoms with van der Waals surface area (Å²) < 4.78 is 5.33. The first kappa shape index (κ1) is 12.9. The van der Waals surface area contributed by atoms with Crippen LogP contribution in [0.1, 0.15) is 50.0 Å². The Morgan fingerprint density at radius 1 is 1.17 bits per heavy atom. The van der Waals surface area contributed by atoms with Crippen LogP contribution >= 0.6 is 0 Å². The lowest BCUT2D eigenvalue weighted by molar-refractivity contribution is -0.129. The fraction of sp³-hybridized carbons (Fsp3) is 0.438. The van der Waals surface area contributed by atoms with Gasteiger partial charge in [0.05, 0.1) is 0 Å². The second-order valence-electron chi connectivity index (χ2n) is 4.85. The highest BCUT2D eigenvalue weighted by Gasteiger charge is 2.18. The predicted octanol–water partition coefficient (Wildman–Crippen LogP) is 4.22. The fourth-order valence-corrected chi connectivity index (χ4v) is 2.65. The molecule has 1 aliphatic carbocycles. The number of carbonyl (C=O) groups is 1. The number of rotatable bonds is 3. The van der Waals surface area contributed by atoms with E-state index in [2.05, 4.69) is 12.6 Å². The van der Waals surface area contributed by atoms with Crippen LogP contribution in [0.25, 0.3) is 0 Å². The van der Waals surface area contributed by atoms with E-state index in [1.807, 2.05) is 18.2 Å². The van der Waals surface area contributed by atoms with Crippen LogP contribution in [0.5, 0.6) is 5.75 Å². The first-order valence-corrected chi connectivity index (χ1v) is 6.74. The Hall–Kier alpha value is -1.57. The molecule has 2 rings (SSSR count). The second kappa shape index (κ2) is 6.39. The molecule has 0 amide bonds. The molecule has 0 atom stereocenters. The maximum Gasteiger partial charge on any atom is 0.335 e. The van der Waals surface area contributed by atoms with Crippen molar-refractivity contribution in [3.63, 3.8) is 0 Å². The summed E-state index contributed by atoms with van der Waals surface area (Å²) in [5, 5.41) is 0. The van der Waals surface area contributed by atoms with Gasteiger partial charge in [0.15, 0.2) is 0 Å². The summed E-state index contributed by atoms with van der Waals surface area (Å²) in [7, 11) is 0. The highest BCUT2D eigenvalue weighted by Crippen LogP contribution is 2.36. The Balaban J connectivity index is 2.19. The number of benzene rings is 1. The van der Waals surface area contributed by atoms with E-state index in [0.717, 1.165) is 0 Å². The second-order valence-corrected chi connectivity index (χ2v) is 4.85. The van der Waals surface area contributed by atoms with E-state index in [4.69, 9.17) is 4.74 Å². The molecule has 96 valence electrons. The van der Waals surface area contributed by atoms with Crippen molar-refractivity contribution in [2.75, 3.05) is 0 Å². The molecule has 2 heteroatoms. The third-order valence-electron chi connectivity index (χ3n) is 3.59. The normalized spacial score (nSPS) is 16.9. The van der Waals surface area contributed by atoms with Gasteiger partial charge in [-0.3, -0.25) is 0 Å². The molecule has 0 radical (unpaired) electrons. The smallest absolute Gasteiger partial charge is 0.335 e. The van der Waals surface area contributed by atoms with E-state index >= 15 is 0 Å². The van der Waals surface area contributed by atoms with Gasteiger partial charge < -0.3 is 4.74 Å². The van der Waals surface area contributed by atoms with Gasteiger partial charge in [-0.05, 0) is 30.4 Å². The molecule has 1 fully saturated rings. The van der Waals surface area contributed by atoms with Crippen LogP contribution in [-0.4, -0.2) is 5.97 Å². The van der Waals surface area contributed by atoms with Crippen molar-refractivity contribution >= 4 is 5.97 Å². The number of esters is 1. The summed E-state index contributed by atoms with van der Waals surface area (Å²) in [6.07, 6.45) is 8.80. The topological polar surface area (TPSA) is 26.3 Å². The Labute approximate surface area is 109 Å². The van der Waals surface area contributed by atoms with Crippen LogP contribution in [0.4, 0.5) is 0 Å². The fourth-order valence-electron chi connectivity index (χ4n) is 2.65. The molecule has 0 aliphatic heterocycles. The highest BCUT2D eigenvalue weighted by atomic mass is 16.5. The SMILES string of the molecule is C=CC(=O)Oc1ccccc1C1CCCCCC1. The molecule has 18 heavy (non-hydrogen) atoms. The zero-order valence-electron chi connectivity index (χ0n) is 10.7. The van der Waals surface area contributed by atoms with Gasteiger partial charge in [0.1, 0.15) is 5.75 Å². The summed E-state index contributed by atoms with van der Waals surface area (Å²) >= 11 is 0. The standard InChI is InChI=1S/C16H20O2/c1-2-16(17)18-15-12-8-7-11-14(15)13-9-5-3-4-6-10-13/h2,7-8,11-13H,1,3-6,9-10H2. The lowest BCUT2D eigenvalue weighted by Crippen LogP contribution is -2.07. The largest absolute Gasteiger partial charge is 0.423 e. The average molecular weight is 244 g/mol. The summed E-state index contributed by atoms with van der Waals surface area (Å²) in [5.74, 6) is 0.853. The number of carbonyl (C=O) groups excluding carboxylic acids is 1. The van der Waals surface area contributed by atoms with E-state index in [9.17, 15) is 4.79 Å². The molecule has 0 heterocycles. The molecule has 1 aromatic carbocycles. The zero-order valence-corrected chi connectivity index (χ0v) is 10.7. The quantitative estimate of drug-likeness (QED) is 0.344. The molecule has 1 aliphatic rings. The predicted molar refractivity (Wildman–Crippen MR) is 72.7 cm³/mol. The summed E-state index contributed by atoms with van der Waals surface area (Å²) in [5.41, 5.74) is 1.18. The van der Waals surface area contributed by atoms with Crippen molar-refractivity contribution in [3.05, 3.63) is 42.5 Å². The van der Waals surface area contributed by atoms with Crippen LogP contribution < -0.4 is 4.74 Å². The van der Waals surface area contributed by atoms with Gasteiger partial charge in [-0.1, -0.05) is 50.5 Å². The number of ether oxygens (including phenoxy) is 1. The molecule has 1 aromatic rings. The van der Waals surface area contributed by atoms with Crippen molar-refractivity contribution < 1.29 is 9.53 Å². The molecule has 0 bridgehead atoms. The van der Waals surface area contributed by atoms with Crippen LogP contribution in [0, 0.1) is 0 Å². The van der Waals surface area contributed by atoms with Gasteiger partial charge in [-0.2, -0.15) is 0 Å². The molecule has 0 saturated heterocycles. The minimum absolute atomic E-state index is 0.379. The Morgan fingerprint density at radius 2 is 1.83 bits per heavy atom. The van der Waals surface area contributed by atoms with Crippen LogP contribution in [0.2, 0.25) is 0 Å². The zero-order chi connectivity index (χ0) is 12.8. The first-order valence-electron chi connectivity index (χ1n) is 6.74. The highest BCUT2D eigenvalue weighted by molar-refractivity contribution is 5.83. The number of hydrogen-bond acceptors (Lipinski definition) is 2. The van der Waals surface area contributed by atoms with Gasteiger partial charge in [-0.25, -0.2) is 4.79 Å². The van der Waals surface area contributed by atoms with E-state index < -0.39 is 0 Å². The molecule has 1 saturated carbocycles. The van der Waals surface area contributed by atoms with Crippen molar-refractivity contribution in [2.45, 2.75) is 44.4 Å². The number of hydrogen-bond donors (Lipinski definition) is 0. The molecule has 2 nitrogen and oxygen atoms in total. The van der Waals surface area contributed by atoms with Gasteiger partial charge in [0.25, 0.3) is 0 Å². The number of para-hydroxylation sites is 1. The van der Waals surface area contributed by atoms with Crippen LogP contribution in [0.15, 0.2) is 36.9 Å². The monoisotopic (exact) mass is 244 g/mol. The summed E-state index contributed by atoms with van der Waals surface area (Å²) in [6.45, 7) is 3.44. The summed E-state index contributed by atoms with van der Waals surface area (Å²) in [4.78, 5) is 11.3. The van der Waals surface area contributed by atoms with Gasteiger partial charge >= 0.3 is 5.97 Å². The van der Waals surface area contributed by atoms with Crippen LogP contribution in [-0.2, 0) is 4.79 Å². The van der Waals surface area contributed by atoms with E-state index in [-0.39, 0.29) is 5.97 Å². The average Bonchev–Trinajstić information content (AvgIpc) is 2.68. The maximum atomic E-state index is 11.3. The lowest BCUT2D eigenvalue weighted by atomic mass is 9.91. The third-order valence-corrected chi connectivity index (χ3v) is 3.59. The minimum Gasteiger partial charge on any atom is -0.423 e. The van der Waals surface area contributed by atoms with Gasteiger partial charge in [0.2, 0.25) is 0 Å². The molecular weight excluding hydrogens is 224 g/mol. The van der Waals surface area contributed by atoms with Crippen molar-refractivity contribution in [3.8, 4) is 5.75 Å². The molecule has 0 aromatic heterocycles. The van der Waals surface area contributed by atoms with Gasteiger partial charge in [0, 0.05) is 6.08 Å². The third kappa shape index (κ3) is 3.22. The van der Waals surface area contributed by atoms with Crippen LogP contribution in [0.3, 0.4) is 0 Å². The van der Waals surface area contributed by atoms with Crippen molar-refractivity contribution in [1.82, 2.24) is 0 Å². The lowest BCUT2D eigenvalue weighted by Gasteiger charge is -2.17. The Bertz CT molecular complexity index is 415. The Kier molecular flexibility index (Phi) is 4.57. The molecule has 0 N–H and O–H groups in total. The first-order chi connectivity index (χ1) is 8.81. The van der Waals surface area contributed by atoms with Gasteiger partial charge in [-0.15, -0.1) is 0 Å². The van der Waals surface area contributed by atoms with E-state index in [1.54, 1.807) is 0 Å². The maximum absolute atomic E-state index is 11.3. The Morgan fingerprint density at radius 3 is 2.50 bits per heavy atom. The van der Waals surface area contributed by atoms with E-state index in [0.29, 0.717) is 11.7 Å². The van der Waals surface area contributed by atoms with Crippen molar-refractivity contribution in [1.29, 1.82) is 0 Å². The molecular formula is C16H20O2. The molecule has 0 unspecified atom stereocenters. The minimum atomic E-state index is -0.379. The summed E-state index contributed by atoms with van der Waals surface area (Å²) in [6, 6.07) is 7.89. The van der Waals surface area contributed by atoms with E-state index in [1.165, 1.54) is 50.2 Å².